The first-order chi connectivity index (χ1) is 13.3. The van der Waals surface area contributed by atoms with Crippen LogP contribution in [0.1, 0.15) is 48.7 Å². The zero-order valence-corrected chi connectivity index (χ0v) is 16.4. The van der Waals surface area contributed by atoms with Gasteiger partial charge in [-0.15, -0.1) is 0 Å². The van der Waals surface area contributed by atoms with Crippen molar-refractivity contribution in [2.45, 2.75) is 45.3 Å². The van der Waals surface area contributed by atoms with Crippen molar-refractivity contribution in [3.63, 3.8) is 0 Å². The van der Waals surface area contributed by atoms with Crippen LogP contribution in [0.3, 0.4) is 0 Å². The quantitative estimate of drug-likeness (QED) is 0.874. The third-order valence-corrected chi connectivity index (χ3v) is 6.30. The van der Waals surface area contributed by atoms with E-state index in [1.807, 2.05) is 11.5 Å². The summed E-state index contributed by atoms with van der Waals surface area (Å²) in [4.78, 5) is 26.3. The lowest BCUT2D eigenvalue weighted by atomic mass is 9.91. The molecular weight excluding hydrogens is 363 g/mol. The molecule has 2 aliphatic heterocycles. The van der Waals surface area contributed by atoms with Gasteiger partial charge in [-0.2, -0.15) is 0 Å². The minimum atomic E-state index is -1.28. The molecule has 1 saturated heterocycles. The number of aryl methyl sites for hydroxylation is 1. The number of anilines is 1. The highest BCUT2D eigenvalue weighted by Gasteiger charge is 2.32. The SMILES string of the molecule is COC1CCN(c2c(F)cc3c(=O)c(C(=O)O)cn4c3c2CC[C@@H]4C)CC1C. The monoisotopic (exact) mass is 388 g/mol. The lowest BCUT2D eigenvalue weighted by Crippen LogP contribution is -2.43. The van der Waals surface area contributed by atoms with E-state index in [0.29, 0.717) is 30.7 Å². The summed E-state index contributed by atoms with van der Waals surface area (Å²) in [5.41, 5.74) is 1.11. The molecule has 1 N–H and O–H groups in total. The van der Waals surface area contributed by atoms with Gasteiger partial charge in [0.25, 0.3) is 0 Å². The first-order valence-electron chi connectivity index (χ1n) is 9.74. The van der Waals surface area contributed by atoms with Crippen LogP contribution in [0.4, 0.5) is 10.1 Å². The van der Waals surface area contributed by atoms with E-state index < -0.39 is 17.2 Å². The summed E-state index contributed by atoms with van der Waals surface area (Å²) in [5.74, 6) is -1.47. The molecule has 7 heteroatoms. The average Bonchev–Trinajstić information content (AvgIpc) is 2.65. The van der Waals surface area contributed by atoms with Crippen LogP contribution in [-0.4, -0.2) is 41.9 Å². The molecule has 2 aromatic rings. The molecule has 1 aromatic carbocycles. The maximum absolute atomic E-state index is 15.3. The second-order valence-electron chi connectivity index (χ2n) is 8.04. The Hall–Kier alpha value is -2.41. The van der Waals surface area contributed by atoms with E-state index >= 15 is 4.39 Å². The standard InChI is InChI=1S/C21H25FN2O4/c1-11-9-23(7-6-17(11)28-3)19-13-5-4-12(2)24-10-15(21(26)27)20(25)14(18(13)24)8-16(19)22/h8,10-12,17H,4-7,9H2,1-3H3,(H,26,27)/t11?,12-,17?/m0/s1. The maximum Gasteiger partial charge on any atom is 0.341 e. The number of piperidine rings is 1. The summed E-state index contributed by atoms with van der Waals surface area (Å²) in [7, 11) is 1.71. The third kappa shape index (κ3) is 2.80. The smallest absolute Gasteiger partial charge is 0.341 e. The Morgan fingerprint density at radius 1 is 1.32 bits per heavy atom. The van der Waals surface area contributed by atoms with Crippen molar-refractivity contribution in [1.82, 2.24) is 4.57 Å². The summed E-state index contributed by atoms with van der Waals surface area (Å²) in [6.07, 6.45) is 3.82. The minimum Gasteiger partial charge on any atom is -0.477 e. The zero-order valence-electron chi connectivity index (χ0n) is 16.4. The number of pyridine rings is 1. The van der Waals surface area contributed by atoms with Gasteiger partial charge in [-0.05, 0) is 38.2 Å². The van der Waals surface area contributed by atoms with E-state index in [0.717, 1.165) is 18.4 Å². The fourth-order valence-electron chi connectivity index (χ4n) is 4.81. The Morgan fingerprint density at radius 2 is 2.07 bits per heavy atom. The third-order valence-electron chi connectivity index (χ3n) is 6.30. The Labute approximate surface area is 162 Å². The van der Waals surface area contributed by atoms with Crippen molar-refractivity contribution < 1.29 is 19.0 Å². The van der Waals surface area contributed by atoms with Gasteiger partial charge >= 0.3 is 5.97 Å². The largest absolute Gasteiger partial charge is 0.477 e. The van der Waals surface area contributed by atoms with E-state index in [-0.39, 0.29) is 29.0 Å². The average molecular weight is 388 g/mol. The number of hydrogen-bond donors (Lipinski definition) is 1. The number of halogens is 1. The van der Waals surface area contributed by atoms with E-state index in [2.05, 4.69) is 11.8 Å². The minimum absolute atomic E-state index is 0.0464. The van der Waals surface area contributed by atoms with E-state index in [1.165, 1.54) is 12.3 Å². The molecule has 0 saturated carbocycles. The molecule has 6 nitrogen and oxygen atoms in total. The molecular formula is C21H25FN2O4. The number of rotatable bonds is 3. The summed E-state index contributed by atoms with van der Waals surface area (Å²) in [6, 6.07) is 1.27. The zero-order chi connectivity index (χ0) is 20.2. The summed E-state index contributed by atoms with van der Waals surface area (Å²) < 4.78 is 22.6. The van der Waals surface area contributed by atoms with Crippen LogP contribution in [0.25, 0.3) is 10.9 Å². The predicted molar refractivity (Wildman–Crippen MR) is 105 cm³/mol. The molecule has 3 atom stereocenters. The van der Waals surface area contributed by atoms with E-state index in [1.54, 1.807) is 7.11 Å². The maximum atomic E-state index is 15.3. The molecule has 150 valence electrons. The van der Waals surface area contributed by atoms with Crippen molar-refractivity contribution in [2.75, 3.05) is 25.1 Å². The molecule has 0 radical (unpaired) electrons. The first kappa shape index (κ1) is 18.9. The van der Waals surface area contributed by atoms with Crippen molar-refractivity contribution in [2.24, 2.45) is 5.92 Å². The predicted octanol–water partition coefficient (Wildman–Crippen LogP) is 3.21. The Balaban J connectivity index is 1.94. The second kappa shape index (κ2) is 6.88. The van der Waals surface area contributed by atoms with Gasteiger partial charge in [-0.1, -0.05) is 6.92 Å². The molecule has 0 aliphatic carbocycles. The van der Waals surface area contributed by atoms with Crippen LogP contribution in [-0.2, 0) is 11.2 Å². The number of aromatic carboxylic acids is 1. The second-order valence-corrected chi connectivity index (χ2v) is 8.04. The Bertz CT molecular complexity index is 1020. The van der Waals surface area contributed by atoms with Crippen LogP contribution in [0.15, 0.2) is 17.1 Å². The van der Waals surface area contributed by atoms with Crippen LogP contribution in [0.2, 0.25) is 0 Å². The summed E-state index contributed by atoms with van der Waals surface area (Å²) >= 11 is 0. The number of aromatic nitrogens is 1. The van der Waals surface area contributed by atoms with Crippen LogP contribution in [0.5, 0.6) is 0 Å². The molecule has 2 unspecified atom stereocenters. The summed E-state index contributed by atoms with van der Waals surface area (Å²) in [6.45, 7) is 5.46. The fourth-order valence-corrected chi connectivity index (χ4v) is 4.81. The van der Waals surface area contributed by atoms with Crippen molar-refractivity contribution in [3.8, 4) is 0 Å². The van der Waals surface area contributed by atoms with Crippen LogP contribution < -0.4 is 10.3 Å². The molecule has 3 heterocycles. The van der Waals surface area contributed by atoms with Gasteiger partial charge in [0.2, 0.25) is 5.43 Å². The number of carbonyl (C=O) groups is 1. The Morgan fingerprint density at radius 3 is 2.71 bits per heavy atom. The topological polar surface area (TPSA) is 71.8 Å². The van der Waals surface area contributed by atoms with Gasteiger partial charge in [0, 0.05) is 43.4 Å². The Kier molecular flexibility index (Phi) is 4.65. The molecule has 1 fully saturated rings. The van der Waals surface area contributed by atoms with E-state index in [9.17, 15) is 14.7 Å². The van der Waals surface area contributed by atoms with Crippen LogP contribution in [0, 0.1) is 11.7 Å². The summed E-state index contributed by atoms with van der Waals surface area (Å²) in [5, 5.41) is 9.55. The molecule has 2 aliphatic rings. The molecule has 0 spiro atoms. The van der Waals surface area contributed by atoms with Crippen molar-refractivity contribution in [1.29, 1.82) is 0 Å². The number of ether oxygens (including phenoxy) is 1. The number of hydrogen-bond acceptors (Lipinski definition) is 4. The lowest BCUT2D eigenvalue weighted by Gasteiger charge is -2.39. The van der Waals surface area contributed by atoms with E-state index in [4.69, 9.17) is 4.74 Å². The number of nitrogens with zero attached hydrogens (tertiary/aromatic N) is 2. The number of benzene rings is 1. The van der Waals surface area contributed by atoms with Gasteiger partial charge in [0.1, 0.15) is 11.4 Å². The fraction of sp³-hybridized carbons (Fsp3) is 0.524. The van der Waals surface area contributed by atoms with Gasteiger partial charge in [0.15, 0.2) is 0 Å². The number of carboxylic acid groups (broad SMARTS) is 1. The van der Waals surface area contributed by atoms with Gasteiger partial charge in [0.05, 0.1) is 17.3 Å². The molecule has 4 rings (SSSR count). The molecule has 28 heavy (non-hydrogen) atoms. The molecule has 0 amide bonds. The van der Waals surface area contributed by atoms with Crippen LogP contribution >= 0.6 is 0 Å². The van der Waals surface area contributed by atoms with Gasteiger partial charge < -0.3 is 19.3 Å². The van der Waals surface area contributed by atoms with Gasteiger partial charge in [-0.25, -0.2) is 9.18 Å². The normalized spacial score (nSPS) is 24.6. The number of methoxy groups -OCH3 is 1. The van der Waals surface area contributed by atoms with Crippen molar-refractivity contribution >= 4 is 22.6 Å². The molecule has 1 aromatic heterocycles. The highest BCUT2D eigenvalue weighted by atomic mass is 19.1. The molecule has 0 bridgehead atoms. The first-order valence-corrected chi connectivity index (χ1v) is 9.74. The highest BCUT2D eigenvalue weighted by molar-refractivity contribution is 5.95. The highest BCUT2D eigenvalue weighted by Crippen LogP contribution is 2.39. The number of carboxylic acids is 1. The van der Waals surface area contributed by atoms with Crippen molar-refractivity contribution in [3.05, 3.63) is 39.4 Å². The lowest BCUT2D eigenvalue weighted by molar-refractivity contribution is 0.0443. The van der Waals surface area contributed by atoms with Gasteiger partial charge in [-0.3, -0.25) is 4.79 Å².